The van der Waals surface area contributed by atoms with Crippen LogP contribution in [0.5, 0.6) is 0 Å². The van der Waals surface area contributed by atoms with E-state index in [4.69, 9.17) is 0 Å². The summed E-state index contributed by atoms with van der Waals surface area (Å²) in [6.07, 6.45) is 2.26. The fraction of sp³-hybridized carbons (Fsp3) is 0.714. The Kier molecular flexibility index (Phi) is 4.20. The molecule has 18 heavy (non-hydrogen) atoms. The van der Waals surface area contributed by atoms with E-state index < -0.39 is 29.1 Å². The average Bonchev–Trinajstić information content (AvgIpc) is 2.27. The molecule has 5 unspecified atom stereocenters. The Morgan fingerprint density at radius 2 is 1.50 bits per heavy atom. The molecule has 0 aromatic rings. The molecule has 1 aliphatic rings. The molecule has 1 aliphatic carbocycles. The van der Waals surface area contributed by atoms with Crippen molar-refractivity contribution in [3.05, 3.63) is 0 Å². The van der Waals surface area contributed by atoms with Crippen LogP contribution in [0.2, 0.25) is 0 Å². The van der Waals surface area contributed by atoms with E-state index in [1.54, 1.807) is 6.92 Å². The highest BCUT2D eigenvalue weighted by atomic mass is 16.1. The zero-order chi connectivity index (χ0) is 14.1. The summed E-state index contributed by atoms with van der Waals surface area (Å²) in [5.41, 5.74) is -0.598. The number of ketones is 1. The second-order valence-corrected chi connectivity index (χ2v) is 5.85. The van der Waals surface area contributed by atoms with Crippen molar-refractivity contribution >= 4 is 24.6 Å². The van der Waals surface area contributed by atoms with Gasteiger partial charge in [0, 0.05) is 23.7 Å². The standard InChI is InChI=1S/C14H20O4/c1-8-10(5-15)13(9(2)18)12(7-17)14(3,4)11(8)6-16/h5-8,10-13H,1-4H3. The van der Waals surface area contributed by atoms with Crippen molar-refractivity contribution in [1.82, 2.24) is 0 Å². The monoisotopic (exact) mass is 252 g/mol. The molecule has 0 N–H and O–H groups in total. The molecule has 0 radical (unpaired) electrons. The lowest BCUT2D eigenvalue weighted by Gasteiger charge is -2.50. The van der Waals surface area contributed by atoms with Gasteiger partial charge < -0.3 is 14.4 Å². The predicted molar refractivity (Wildman–Crippen MR) is 65.8 cm³/mol. The van der Waals surface area contributed by atoms with Gasteiger partial charge in [0.25, 0.3) is 0 Å². The van der Waals surface area contributed by atoms with Gasteiger partial charge in [0.1, 0.15) is 24.6 Å². The number of hydrogen-bond acceptors (Lipinski definition) is 4. The molecule has 0 spiro atoms. The lowest BCUT2D eigenvalue weighted by Crippen LogP contribution is -2.54. The lowest BCUT2D eigenvalue weighted by atomic mass is 9.51. The molecule has 1 fully saturated rings. The van der Waals surface area contributed by atoms with E-state index in [0.717, 1.165) is 18.9 Å². The van der Waals surface area contributed by atoms with Crippen molar-refractivity contribution in [3.8, 4) is 0 Å². The molecule has 0 aromatic carbocycles. The summed E-state index contributed by atoms with van der Waals surface area (Å²) >= 11 is 0. The van der Waals surface area contributed by atoms with Gasteiger partial charge in [-0.05, 0) is 18.3 Å². The van der Waals surface area contributed by atoms with Gasteiger partial charge in [-0.25, -0.2) is 0 Å². The SMILES string of the molecule is CC(=O)C1C(C=O)C(C)C(C=O)C(C)(C)C1C=O. The topological polar surface area (TPSA) is 68.3 Å². The second-order valence-electron chi connectivity index (χ2n) is 5.85. The van der Waals surface area contributed by atoms with Crippen LogP contribution in [0.1, 0.15) is 27.7 Å². The van der Waals surface area contributed by atoms with Gasteiger partial charge in [-0.3, -0.25) is 4.79 Å². The molecule has 4 nitrogen and oxygen atoms in total. The summed E-state index contributed by atoms with van der Waals surface area (Å²) in [4.78, 5) is 45.6. The molecule has 0 amide bonds. The van der Waals surface area contributed by atoms with E-state index in [1.165, 1.54) is 6.92 Å². The summed E-state index contributed by atoms with van der Waals surface area (Å²) in [5, 5.41) is 0. The summed E-state index contributed by atoms with van der Waals surface area (Å²) < 4.78 is 0. The van der Waals surface area contributed by atoms with E-state index in [2.05, 4.69) is 0 Å². The maximum atomic E-state index is 11.8. The van der Waals surface area contributed by atoms with Gasteiger partial charge in [-0.1, -0.05) is 20.8 Å². The second kappa shape index (κ2) is 5.12. The number of carbonyl (C=O) groups is 4. The number of carbonyl (C=O) groups excluding carboxylic acids is 4. The van der Waals surface area contributed by atoms with Gasteiger partial charge in [0.2, 0.25) is 0 Å². The molecule has 5 atom stereocenters. The Balaban J connectivity index is 3.35. The molecule has 0 aromatic heterocycles. The van der Waals surface area contributed by atoms with Gasteiger partial charge in [0.05, 0.1) is 0 Å². The first-order valence-electron chi connectivity index (χ1n) is 6.19. The third-order valence-electron chi connectivity index (χ3n) is 4.61. The minimum Gasteiger partial charge on any atom is -0.303 e. The van der Waals surface area contributed by atoms with Crippen molar-refractivity contribution in [2.75, 3.05) is 0 Å². The van der Waals surface area contributed by atoms with E-state index in [0.29, 0.717) is 0 Å². The third kappa shape index (κ3) is 2.04. The molecule has 100 valence electrons. The third-order valence-corrected chi connectivity index (χ3v) is 4.61. The number of Topliss-reactive ketones (excluding diaryl/α,β-unsaturated/α-hetero) is 1. The highest BCUT2D eigenvalue weighted by Gasteiger charge is 2.54. The first-order chi connectivity index (χ1) is 8.32. The highest BCUT2D eigenvalue weighted by molar-refractivity contribution is 5.86. The van der Waals surface area contributed by atoms with Gasteiger partial charge >= 0.3 is 0 Å². The molecule has 0 saturated heterocycles. The Hall–Kier alpha value is -1.32. The van der Waals surface area contributed by atoms with Crippen LogP contribution in [0.4, 0.5) is 0 Å². The molecule has 0 aliphatic heterocycles. The van der Waals surface area contributed by atoms with Crippen molar-refractivity contribution in [1.29, 1.82) is 0 Å². The Bertz CT molecular complexity index is 372. The maximum absolute atomic E-state index is 11.8. The maximum Gasteiger partial charge on any atom is 0.134 e. The van der Waals surface area contributed by atoms with Crippen molar-refractivity contribution in [3.63, 3.8) is 0 Å². The molecule has 0 bridgehead atoms. The van der Waals surface area contributed by atoms with Crippen LogP contribution in [0.15, 0.2) is 0 Å². The smallest absolute Gasteiger partial charge is 0.134 e. The zero-order valence-electron chi connectivity index (χ0n) is 11.3. The Morgan fingerprint density at radius 1 is 1.00 bits per heavy atom. The van der Waals surface area contributed by atoms with E-state index in [-0.39, 0.29) is 11.7 Å². The lowest BCUT2D eigenvalue weighted by molar-refractivity contribution is -0.150. The van der Waals surface area contributed by atoms with Crippen LogP contribution in [0.3, 0.4) is 0 Å². The predicted octanol–water partition coefficient (Wildman–Crippen LogP) is 1.31. The number of hydrogen-bond donors (Lipinski definition) is 0. The van der Waals surface area contributed by atoms with Gasteiger partial charge in [0.15, 0.2) is 0 Å². The van der Waals surface area contributed by atoms with Gasteiger partial charge in [-0.2, -0.15) is 0 Å². The van der Waals surface area contributed by atoms with Crippen LogP contribution < -0.4 is 0 Å². The van der Waals surface area contributed by atoms with Crippen molar-refractivity contribution in [2.24, 2.45) is 35.0 Å². The largest absolute Gasteiger partial charge is 0.303 e. The zero-order valence-corrected chi connectivity index (χ0v) is 11.3. The summed E-state index contributed by atoms with van der Waals surface area (Å²) in [6, 6.07) is 0. The fourth-order valence-electron chi connectivity index (χ4n) is 3.46. The highest BCUT2D eigenvalue weighted by Crippen LogP contribution is 2.51. The molecule has 1 saturated carbocycles. The van der Waals surface area contributed by atoms with Crippen LogP contribution >= 0.6 is 0 Å². The first-order valence-corrected chi connectivity index (χ1v) is 6.19. The number of aldehydes is 3. The van der Waals surface area contributed by atoms with Crippen molar-refractivity contribution in [2.45, 2.75) is 27.7 Å². The minimum absolute atomic E-state index is 0.159. The molecule has 0 heterocycles. The fourth-order valence-corrected chi connectivity index (χ4v) is 3.46. The van der Waals surface area contributed by atoms with Crippen LogP contribution in [-0.2, 0) is 19.2 Å². The van der Waals surface area contributed by atoms with E-state index in [1.807, 2.05) is 13.8 Å². The quantitative estimate of drug-likeness (QED) is 0.707. The summed E-state index contributed by atoms with van der Waals surface area (Å²) in [5.74, 6) is -2.52. The normalized spacial score (nSPS) is 38.8. The number of rotatable bonds is 4. The van der Waals surface area contributed by atoms with Gasteiger partial charge in [-0.15, -0.1) is 0 Å². The minimum atomic E-state index is -0.610. The molecular formula is C14H20O4. The Morgan fingerprint density at radius 3 is 1.83 bits per heavy atom. The summed E-state index contributed by atoms with van der Waals surface area (Å²) in [7, 11) is 0. The van der Waals surface area contributed by atoms with Crippen molar-refractivity contribution < 1.29 is 19.2 Å². The Labute approximate surface area is 107 Å². The van der Waals surface area contributed by atoms with Crippen LogP contribution in [0.25, 0.3) is 0 Å². The van der Waals surface area contributed by atoms with E-state index in [9.17, 15) is 19.2 Å². The average molecular weight is 252 g/mol. The van der Waals surface area contributed by atoms with E-state index >= 15 is 0 Å². The molecular weight excluding hydrogens is 232 g/mol. The van der Waals surface area contributed by atoms with Crippen LogP contribution in [0, 0.1) is 35.0 Å². The molecule has 1 rings (SSSR count). The van der Waals surface area contributed by atoms with Crippen LogP contribution in [-0.4, -0.2) is 24.6 Å². The summed E-state index contributed by atoms with van der Waals surface area (Å²) in [6.45, 7) is 6.84. The first kappa shape index (κ1) is 14.7. The molecule has 4 heteroatoms.